The summed E-state index contributed by atoms with van der Waals surface area (Å²) in [7, 11) is 3.95. The van der Waals surface area contributed by atoms with Crippen LogP contribution in [0.5, 0.6) is 0 Å². The number of hydrogen-bond acceptors (Lipinski definition) is 8. The number of β-amino-alcohol motifs (C(OH)–C–C–N with tert-alkyl or cyclic N) is 1. The monoisotopic (exact) mass is 517 g/mol. The highest BCUT2D eigenvalue weighted by Gasteiger charge is 2.28. The zero-order valence-corrected chi connectivity index (χ0v) is 21.1. The Balaban J connectivity index is 1.36. The number of hydrogen-bond donors (Lipinski definition) is 3. The molecule has 1 fully saturated rings. The van der Waals surface area contributed by atoms with Gasteiger partial charge in [0.1, 0.15) is 17.3 Å². The van der Waals surface area contributed by atoms with Gasteiger partial charge in [-0.2, -0.15) is 0 Å². The second kappa shape index (κ2) is 9.67. The molecule has 0 saturated carbocycles. The zero-order chi connectivity index (χ0) is 26.4. The van der Waals surface area contributed by atoms with Crippen LogP contribution in [0.2, 0.25) is 0 Å². The number of carbonyl (C=O) groups is 1. The molecule has 11 heteroatoms. The molecule has 196 valence electrons. The Bertz CT molecular complexity index is 1540. The van der Waals surface area contributed by atoms with Crippen LogP contribution in [0.3, 0.4) is 0 Å². The summed E-state index contributed by atoms with van der Waals surface area (Å²) < 4.78 is 20.8. The third-order valence-corrected chi connectivity index (χ3v) is 6.78. The minimum Gasteiger partial charge on any atom is -0.366 e. The van der Waals surface area contributed by atoms with Crippen LogP contribution >= 0.6 is 0 Å². The van der Waals surface area contributed by atoms with Crippen LogP contribution in [0, 0.1) is 5.82 Å². The lowest BCUT2D eigenvalue weighted by atomic mass is 9.99. The molecule has 0 spiro atoms. The number of fused-ring (bicyclic) bond motifs is 2. The molecule has 6 rings (SSSR count). The number of carbonyl (C=O) groups excluding carboxylic acids is 1. The molecule has 4 aromatic rings. The summed E-state index contributed by atoms with van der Waals surface area (Å²) in [5, 5.41) is 16.2. The van der Waals surface area contributed by atoms with E-state index in [1.54, 1.807) is 12.4 Å². The first kappa shape index (κ1) is 24.3. The zero-order valence-electron chi connectivity index (χ0n) is 21.1. The van der Waals surface area contributed by atoms with E-state index in [9.17, 15) is 14.3 Å². The van der Waals surface area contributed by atoms with Gasteiger partial charge in [-0.25, -0.2) is 14.4 Å². The average Bonchev–Trinajstić information content (AvgIpc) is 3.48. The smallest absolute Gasteiger partial charge is 0.254 e. The predicted molar refractivity (Wildman–Crippen MR) is 141 cm³/mol. The fraction of sp³-hybridized carbons (Fsp3) is 0.296. The van der Waals surface area contributed by atoms with E-state index in [0.29, 0.717) is 55.5 Å². The summed E-state index contributed by atoms with van der Waals surface area (Å²) in [5.41, 5.74) is 5.97. The van der Waals surface area contributed by atoms with Gasteiger partial charge in [-0.1, -0.05) is 6.07 Å². The molecular formula is C27H28FN7O3. The van der Waals surface area contributed by atoms with Crippen LogP contribution in [-0.2, 0) is 17.8 Å². The van der Waals surface area contributed by atoms with Crippen molar-refractivity contribution in [3.05, 3.63) is 71.4 Å². The first-order valence-electron chi connectivity index (χ1n) is 12.4. The van der Waals surface area contributed by atoms with Crippen molar-refractivity contribution in [3.63, 3.8) is 0 Å². The van der Waals surface area contributed by atoms with E-state index in [2.05, 4.69) is 20.5 Å². The Morgan fingerprint density at radius 3 is 2.95 bits per heavy atom. The normalized spacial score (nSPS) is 17.2. The van der Waals surface area contributed by atoms with E-state index in [-0.39, 0.29) is 11.7 Å². The maximum atomic E-state index is 13.7. The number of morpholine rings is 1. The lowest BCUT2D eigenvalue weighted by Gasteiger charge is -2.33. The molecule has 1 aromatic carbocycles. The molecule has 1 amide bonds. The Morgan fingerprint density at radius 2 is 2.13 bits per heavy atom. The minimum absolute atomic E-state index is 0.170. The van der Waals surface area contributed by atoms with Crippen molar-refractivity contribution >= 4 is 28.7 Å². The van der Waals surface area contributed by atoms with Gasteiger partial charge in [0.15, 0.2) is 6.29 Å². The number of imidazole rings is 1. The standard InChI is InChI=1S/C27H28FN7O3/c1-33(2)14-20-21(34-9-10-38-25(36)15-34)5-6-23(32-20)31-19-4-3-17(18-12-30-27(37)26(18)19)22-13-29-24-11-16(28)7-8-35(22)24/h3-8,11,13,25,36H,9-10,12,14-15H2,1-2H3,(H,30,37)(H,31,32). The van der Waals surface area contributed by atoms with Crippen LogP contribution in [-0.4, -0.2) is 70.4 Å². The molecule has 2 aliphatic rings. The molecule has 2 aliphatic heterocycles. The van der Waals surface area contributed by atoms with E-state index in [1.165, 1.54) is 12.1 Å². The lowest BCUT2D eigenvalue weighted by molar-refractivity contribution is -0.104. The number of halogens is 1. The molecule has 10 nitrogen and oxygen atoms in total. The fourth-order valence-corrected chi connectivity index (χ4v) is 5.10. The van der Waals surface area contributed by atoms with Crippen LogP contribution < -0.4 is 15.5 Å². The fourth-order valence-electron chi connectivity index (χ4n) is 5.10. The first-order chi connectivity index (χ1) is 18.4. The van der Waals surface area contributed by atoms with Gasteiger partial charge in [-0.15, -0.1) is 0 Å². The van der Waals surface area contributed by atoms with Crippen molar-refractivity contribution in [3.8, 4) is 11.3 Å². The third-order valence-electron chi connectivity index (χ3n) is 6.78. The van der Waals surface area contributed by atoms with Gasteiger partial charge >= 0.3 is 0 Å². The summed E-state index contributed by atoms with van der Waals surface area (Å²) in [5.74, 6) is 0.0872. The highest BCUT2D eigenvalue weighted by Crippen LogP contribution is 2.36. The highest BCUT2D eigenvalue weighted by molar-refractivity contribution is 6.06. The summed E-state index contributed by atoms with van der Waals surface area (Å²) in [6, 6.07) is 10.4. The molecule has 5 heterocycles. The van der Waals surface area contributed by atoms with Crippen molar-refractivity contribution in [1.29, 1.82) is 0 Å². The van der Waals surface area contributed by atoms with Crippen LogP contribution in [0.4, 0.5) is 21.6 Å². The maximum Gasteiger partial charge on any atom is 0.254 e. The SMILES string of the molecule is CN(C)Cc1nc(Nc2ccc(-c3cnc4cc(F)ccn34)c3c2C(=O)NC3)ccc1N1CCOC(O)C1. The van der Waals surface area contributed by atoms with Gasteiger partial charge in [-0.3, -0.25) is 9.20 Å². The van der Waals surface area contributed by atoms with Gasteiger partial charge in [-0.05, 0) is 43.9 Å². The number of aromatic nitrogens is 3. The van der Waals surface area contributed by atoms with Gasteiger partial charge in [0.2, 0.25) is 0 Å². The Hall–Kier alpha value is -4.06. The molecule has 0 radical (unpaired) electrons. The molecule has 3 aromatic heterocycles. The number of ether oxygens (including phenoxy) is 1. The number of aliphatic hydroxyl groups excluding tert-OH is 1. The minimum atomic E-state index is -0.833. The van der Waals surface area contributed by atoms with E-state index in [4.69, 9.17) is 9.72 Å². The number of benzene rings is 1. The average molecular weight is 518 g/mol. The van der Waals surface area contributed by atoms with Gasteiger partial charge in [0.05, 0.1) is 47.7 Å². The summed E-state index contributed by atoms with van der Waals surface area (Å²) in [4.78, 5) is 26.2. The molecule has 38 heavy (non-hydrogen) atoms. The molecule has 1 unspecified atom stereocenters. The van der Waals surface area contributed by atoms with E-state index in [0.717, 1.165) is 28.2 Å². The van der Waals surface area contributed by atoms with Crippen LogP contribution in [0.15, 0.2) is 48.8 Å². The lowest BCUT2D eigenvalue weighted by Crippen LogP contribution is -2.43. The van der Waals surface area contributed by atoms with Crippen molar-refractivity contribution in [2.75, 3.05) is 44.0 Å². The molecule has 0 bridgehead atoms. The van der Waals surface area contributed by atoms with E-state index < -0.39 is 6.29 Å². The number of anilines is 3. The van der Waals surface area contributed by atoms with E-state index in [1.807, 2.05) is 47.7 Å². The number of nitrogens with one attached hydrogen (secondary N) is 2. The third kappa shape index (κ3) is 4.44. The number of aliphatic hydroxyl groups is 1. The predicted octanol–water partition coefficient (Wildman–Crippen LogP) is 2.74. The second-order valence-electron chi connectivity index (χ2n) is 9.71. The second-order valence-corrected chi connectivity index (χ2v) is 9.71. The maximum absolute atomic E-state index is 13.7. The molecule has 0 aliphatic carbocycles. The summed E-state index contributed by atoms with van der Waals surface area (Å²) >= 11 is 0. The summed E-state index contributed by atoms with van der Waals surface area (Å²) in [6.07, 6.45) is 2.50. The molecule has 1 saturated heterocycles. The quantitative estimate of drug-likeness (QED) is 0.359. The molecule has 1 atom stereocenters. The Morgan fingerprint density at radius 1 is 1.26 bits per heavy atom. The van der Waals surface area contributed by atoms with Crippen LogP contribution in [0.25, 0.3) is 16.9 Å². The summed E-state index contributed by atoms with van der Waals surface area (Å²) in [6.45, 7) is 2.46. The van der Waals surface area contributed by atoms with Gasteiger partial charge in [0, 0.05) is 37.5 Å². The number of amides is 1. The highest BCUT2D eigenvalue weighted by atomic mass is 19.1. The van der Waals surface area contributed by atoms with Crippen molar-refractivity contribution in [1.82, 2.24) is 24.6 Å². The number of rotatable bonds is 6. The number of pyridine rings is 2. The topological polar surface area (TPSA) is 107 Å². The largest absolute Gasteiger partial charge is 0.366 e. The van der Waals surface area contributed by atoms with Gasteiger partial charge < -0.3 is 30.3 Å². The van der Waals surface area contributed by atoms with Crippen LogP contribution in [0.1, 0.15) is 21.6 Å². The van der Waals surface area contributed by atoms with Crippen molar-refractivity contribution in [2.24, 2.45) is 0 Å². The Labute approximate surface area is 218 Å². The first-order valence-corrected chi connectivity index (χ1v) is 12.4. The van der Waals surface area contributed by atoms with Crippen molar-refractivity contribution < 1.29 is 19.0 Å². The number of nitrogens with zero attached hydrogens (tertiary/aromatic N) is 5. The van der Waals surface area contributed by atoms with E-state index >= 15 is 0 Å². The Kier molecular flexibility index (Phi) is 6.18. The van der Waals surface area contributed by atoms with Gasteiger partial charge in [0.25, 0.3) is 5.91 Å². The molecule has 3 N–H and O–H groups in total. The molecular weight excluding hydrogens is 489 g/mol. The van der Waals surface area contributed by atoms with Crippen molar-refractivity contribution in [2.45, 2.75) is 19.4 Å².